The number of hydrogen-bond acceptors (Lipinski definition) is 7. The number of halogens is 1. The first-order valence-corrected chi connectivity index (χ1v) is 20.4. The molecule has 3 unspecified atom stereocenters. The predicted molar refractivity (Wildman–Crippen MR) is 215 cm³/mol. The van der Waals surface area contributed by atoms with E-state index in [9.17, 15) is 24.0 Å². The molecular weight excluding hydrogens is 704 g/mol. The van der Waals surface area contributed by atoms with Crippen molar-refractivity contribution in [1.29, 1.82) is 0 Å². The molecule has 0 saturated carbocycles. The zero-order valence-electron chi connectivity index (χ0n) is 32.3. The highest BCUT2D eigenvalue weighted by molar-refractivity contribution is 6.34. The van der Waals surface area contributed by atoms with E-state index in [1.807, 2.05) is 30.3 Å². The van der Waals surface area contributed by atoms with E-state index in [2.05, 4.69) is 28.1 Å². The molecule has 3 atom stereocenters. The Kier molecular flexibility index (Phi) is 17.5. The number of anilines is 2. The highest BCUT2D eigenvalue weighted by Gasteiger charge is 2.50. The van der Waals surface area contributed by atoms with Crippen LogP contribution in [0, 0.1) is 5.92 Å². The summed E-state index contributed by atoms with van der Waals surface area (Å²) in [6, 6.07) is 10.9. The number of carbonyl (C=O) groups is 5. The molecule has 2 aromatic rings. The largest absolute Gasteiger partial charge is 0.328 e. The molecule has 0 aliphatic carbocycles. The summed E-state index contributed by atoms with van der Waals surface area (Å²) in [5.74, 6) is -3.19. The highest BCUT2D eigenvalue weighted by Crippen LogP contribution is 2.29. The molecule has 2 aromatic carbocycles. The van der Waals surface area contributed by atoms with E-state index in [1.54, 1.807) is 19.9 Å². The van der Waals surface area contributed by atoms with E-state index in [0.717, 1.165) is 29.7 Å². The molecule has 0 aromatic heterocycles. The van der Waals surface area contributed by atoms with Crippen LogP contribution in [0.1, 0.15) is 129 Å². The van der Waals surface area contributed by atoms with Crippen molar-refractivity contribution in [1.82, 2.24) is 15.2 Å². The number of nitrogens with one attached hydrogen (secondary N) is 3. The molecule has 0 spiro atoms. The Balaban J connectivity index is 1.28. The molecule has 54 heavy (non-hydrogen) atoms. The number of carbonyl (C=O) groups excluding carboxylic acids is 5. The monoisotopic (exact) mass is 762 g/mol. The fourth-order valence-corrected chi connectivity index (χ4v) is 7.40. The van der Waals surface area contributed by atoms with E-state index < -0.39 is 41.6 Å². The maximum absolute atomic E-state index is 14.1. The van der Waals surface area contributed by atoms with Crippen LogP contribution in [0.2, 0.25) is 5.02 Å². The molecule has 2 aliphatic heterocycles. The zero-order chi connectivity index (χ0) is 38.9. The molecule has 5 amide bonds. The van der Waals surface area contributed by atoms with Crippen LogP contribution in [0.5, 0.6) is 0 Å². The van der Waals surface area contributed by atoms with Gasteiger partial charge in [-0.15, -0.1) is 0 Å². The quantitative estimate of drug-likeness (QED) is 0.0555. The summed E-state index contributed by atoms with van der Waals surface area (Å²) in [4.78, 5) is 70.0. The fourth-order valence-electron chi connectivity index (χ4n) is 7.23. The minimum Gasteiger partial charge on any atom is -0.326 e. The van der Waals surface area contributed by atoms with Crippen LogP contribution >= 0.6 is 11.6 Å². The van der Waals surface area contributed by atoms with Crippen molar-refractivity contribution in [3.05, 3.63) is 59.1 Å². The van der Waals surface area contributed by atoms with Crippen molar-refractivity contribution in [2.24, 2.45) is 11.0 Å². The first-order chi connectivity index (χ1) is 26.1. The maximum atomic E-state index is 14.1. The lowest BCUT2D eigenvalue weighted by Crippen LogP contribution is -2.56. The first-order valence-electron chi connectivity index (χ1n) is 20.0. The second kappa shape index (κ2) is 22.2. The maximum Gasteiger partial charge on any atom is 0.328 e. The SMILES string of the molecule is CCCCCCCCCCCCCCCCCC(=O)Nc1ccc(Cl)c(NC(=O)C(C(=O)C2C(C)=NNC2C)N2C(=O)CN(Cc3ccccc3)C2=O)c1. The third-order valence-electron chi connectivity index (χ3n) is 10.3. The molecule has 1 fully saturated rings. The Labute approximate surface area is 326 Å². The standard InChI is InChI=1S/C42H59ClN6O5/c1-4-5-6-7-8-9-10-11-12-13-14-15-16-17-21-24-36(50)44-33-25-26-34(43)35(27-33)45-41(53)39(40(52)38-30(2)46-47-31(38)3)49-37(51)29-48(42(49)54)28-32-22-19-18-20-23-32/h18-20,22-23,25-27,30,38-39,46H,4-17,21,24,28-29H2,1-3H3,(H,44,50)(H,45,53). The van der Waals surface area contributed by atoms with Gasteiger partial charge in [0.1, 0.15) is 6.54 Å². The van der Waals surface area contributed by atoms with Crippen LogP contribution < -0.4 is 16.1 Å². The molecule has 294 valence electrons. The average molecular weight is 763 g/mol. The van der Waals surface area contributed by atoms with Gasteiger partial charge in [0, 0.05) is 24.4 Å². The van der Waals surface area contributed by atoms with Crippen LogP contribution in [0.3, 0.4) is 0 Å². The summed E-state index contributed by atoms with van der Waals surface area (Å²) < 4.78 is 0. The van der Waals surface area contributed by atoms with Crippen molar-refractivity contribution in [2.45, 2.75) is 142 Å². The van der Waals surface area contributed by atoms with E-state index in [4.69, 9.17) is 11.6 Å². The second-order valence-electron chi connectivity index (χ2n) is 14.8. The van der Waals surface area contributed by atoms with Crippen molar-refractivity contribution in [3.63, 3.8) is 0 Å². The Hall–Kier alpha value is -4.25. The molecule has 1 saturated heterocycles. The lowest BCUT2D eigenvalue weighted by Gasteiger charge is -2.28. The number of unbranched alkanes of at least 4 members (excludes halogenated alkanes) is 14. The number of rotatable bonds is 24. The normalized spacial score (nSPS) is 17.4. The molecular formula is C42H59ClN6O5. The molecule has 11 nitrogen and oxygen atoms in total. The van der Waals surface area contributed by atoms with Gasteiger partial charge in [0.2, 0.25) is 5.91 Å². The van der Waals surface area contributed by atoms with Gasteiger partial charge < -0.3 is 21.0 Å². The Morgan fingerprint density at radius 1 is 0.852 bits per heavy atom. The van der Waals surface area contributed by atoms with E-state index in [-0.39, 0.29) is 29.7 Å². The van der Waals surface area contributed by atoms with Crippen molar-refractivity contribution < 1.29 is 24.0 Å². The molecule has 0 bridgehead atoms. The summed E-state index contributed by atoms with van der Waals surface area (Å²) >= 11 is 6.48. The highest BCUT2D eigenvalue weighted by atomic mass is 35.5. The second-order valence-corrected chi connectivity index (χ2v) is 15.2. The number of amides is 5. The summed E-state index contributed by atoms with van der Waals surface area (Å²) in [6.07, 6.45) is 19.1. The first kappa shape index (κ1) is 42.5. The Bertz CT molecular complexity index is 1600. The van der Waals surface area contributed by atoms with E-state index in [0.29, 0.717) is 17.8 Å². The van der Waals surface area contributed by atoms with E-state index >= 15 is 0 Å². The number of imide groups is 1. The summed E-state index contributed by atoms with van der Waals surface area (Å²) in [5.41, 5.74) is 4.65. The van der Waals surface area contributed by atoms with Gasteiger partial charge in [0.15, 0.2) is 11.8 Å². The lowest BCUT2D eigenvalue weighted by molar-refractivity contribution is -0.140. The minimum absolute atomic E-state index is 0.132. The summed E-state index contributed by atoms with van der Waals surface area (Å²) in [6.45, 7) is 5.52. The number of Topliss-reactive ketones (excluding diaryl/α,β-unsaturated/α-hetero) is 1. The minimum atomic E-state index is -1.78. The van der Waals surface area contributed by atoms with Gasteiger partial charge in [-0.05, 0) is 44.0 Å². The number of ketones is 1. The van der Waals surface area contributed by atoms with Gasteiger partial charge in [-0.3, -0.25) is 19.2 Å². The Morgan fingerprint density at radius 2 is 1.44 bits per heavy atom. The molecule has 12 heteroatoms. The van der Waals surface area contributed by atoms with Crippen LogP contribution in [0.4, 0.5) is 16.2 Å². The predicted octanol–water partition coefficient (Wildman–Crippen LogP) is 8.86. The lowest BCUT2D eigenvalue weighted by atomic mass is 9.88. The summed E-state index contributed by atoms with van der Waals surface area (Å²) in [5, 5.41) is 9.86. The number of hydrazone groups is 1. The van der Waals surface area contributed by atoms with Gasteiger partial charge >= 0.3 is 6.03 Å². The van der Waals surface area contributed by atoms with Crippen LogP contribution in [0.25, 0.3) is 0 Å². The average Bonchev–Trinajstić information content (AvgIpc) is 3.63. The van der Waals surface area contributed by atoms with Gasteiger partial charge in [-0.2, -0.15) is 5.10 Å². The van der Waals surface area contributed by atoms with Crippen molar-refractivity contribution >= 4 is 58.2 Å². The van der Waals surface area contributed by atoms with Gasteiger partial charge in [0.05, 0.1) is 22.7 Å². The topological polar surface area (TPSA) is 140 Å². The van der Waals surface area contributed by atoms with Crippen molar-refractivity contribution in [2.75, 3.05) is 17.2 Å². The van der Waals surface area contributed by atoms with Gasteiger partial charge in [-0.1, -0.05) is 139 Å². The molecule has 2 aliphatic rings. The van der Waals surface area contributed by atoms with Crippen LogP contribution in [0.15, 0.2) is 53.6 Å². The van der Waals surface area contributed by atoms with Gasteiger partial charge in [-0.25, -0.2) is 9.69 Å². The third kappa shape index (κ3) is 12.7. The Morgan fingerprint density at radius 3 is 2.02 bits per heavy atom. The number of nitrogens with zero attached hydrogens (tertiary/aromatic N) is 3. The smallest absolute Gasteiger partial charge is 0.326 e. The number of urea groups is 1. The number of benzene rings is 2. The van der Waals surface area contributed by atoms with Crippen LogP contribution in [-0.4, -0.2) is 63.7 Å². The molecule has 3 N–H and O–H groups in total. The third-order valence-corrected chi connectivity index (χ3v) is 10.6. The molecule has 0 radical (unpaired) electrons. The van der Waals surface area contributed by atoms with Gasteiger partial charge in [0.25, 0.3) is 11.8 Å². The van der Waals surface area contributed by atoms with Crippen molar-refractivity contribution in [3.8, 4) is 0 Å². The van der Waals surface area contributed by atoms with Crippen LogP contribution in [-0.2, 0) is 25.7 Å². The zero-order valence-corrected chi connectivity index (χ0v) is 33.1. The summed E-state index contributed by atoms with van der Waals surface area (Å²) in [7, 11) is 0. The van der Waals surface area contributed by atoms with E-state index in [1.165, 1.54) is 94.1 Å². The molecule has 2 heterocycles. The fraction of sp³-hybridized carbons (Fsp3) is 0.571. The molecule has 4 rings (SSSR count). The number of hydrogen-bond donors (Lipinski definition) is 3.